The summed E-state index contributed by atoms with van der Waals surface area (Å²) in [5, 5.41) is 2.84. The normalized spacial score (nSPS) is 14.7. The maximum Gasteiger partial charge on any atom is 0.289 e. The third-order valence-electron chi connectivity index (χ3n) is 5.37. The Kier molecular flexibility index (Phi) is 6.27. The molecule has 1 aliphatic heterocycles. The molecule has 0 atom stereocenters. The monoisotopic (exact) mass is 453 g/mol. The van der Waals surface area contributed by atoms with Gasteiger partial charge in [0.25, 0.3) is 15.9 Å². The van der Waals surface area contributed by atoms with E-state index in [9.17, 15) is 18.0 Å². The fourth-order valence-corrected chi connectivity index (χ4v) is 4.72. The standard InChI is InChI=1S/C23H23N3O5S/c27-22(17-12-14-26(15-13-17)23(28)21-11-6-16-31-21)24-19-9-4-5-10-20(19)25-32(29,30)18-7-2-1-3-8-18/h1-11,16-17,25H,12-15H2,(H,24,27). The number of piperidine rings is 1. The number of likely N-dealkylation sites (tertiary alicyclic amines) is 1. The highest BCUT2D eigenvalue weighted by Gasteiger charge is 2.29. The molecule has 2 N–H and O–H groups in total. The predicted molar refractivity (Wildman–Crippen MR) is 120 cm³/mol. The molecule has 9 heteroatoms. The number of amides is 2. The molecular formula is C23H23N3O5S. The van der Waals surface area contributed by atoms with Gasteiger partial charge in [-0.2, -0.15) is 0 Å². The summed E-state index contributed by atoms with van der Waals surface area (Å²) >= 11 is 0. The number of rotatable bonds is 6. The second-order valence-electron chi connectivity index (χ2n) is 7.50. The van der Waals surface area contributed by atoms with Gasteiger partial charge in [0.15, 0.2) is 5.76 Å². The quantitative estimate of drug-likeness (QED) is 0.593. The average molecular weight is 454 g/mol. The lowest BCUT2D eigenvalue weighted by Crippen LogP contribution is -2.41. The van der Waals surface area contributed by atoms with Gasteiger partial charge < -0.3 is 14.6 Å². The van der Waals surface area contributed by atoms with E-state index in [0.717, 1.165) is 0 Å². The summed E-state index contributed by atoms with van der Waals surface area (Å²) in [5.74, 6) is -0.391. The van der Waals surface area contributed by atoms with E-state index in [1.54, 1.807) is 59.5 Å². The van der Waals surface area contributed by atoms with Crippen LogP contribution in [0.1, 0.15) is 23.4 Å². The van der Waals surface area contributed by atoms with E-state index in [1.165, 1.54) is 18.4 Å². The molecule has 4 rings (SSSR count). The van der Waals surface area contributed by atoms with E-state index in [4.69, 9.17) is 4.42 Å². The third-order valence-corrected chi connectivity index (χ3v) is 6.75. The van der Waals surface area contributed by atoms with E-state index in [0.29, 0.717) is 31.6 Å². The van der Waals surface area contributed by atoms with Crippen LogP contribution in [0, 0.1) is 5.92 Å². The van der Waals surface area contributed by atoms with Crippen molar-refractivity contribution >= 4 is 33.2 Å². The van der Waals surface area contributed by atoms with Gasteiger partial charge in [0.1, 0.15) is 0 Å². The molecule has 8 nitrogen and oxygen atoms in total. The van der Waals surface area contributed by atoms with Crippen LogP contribution in [0.3, 0.4) is 0 Å². The van der Waals surface area contributed by atoms with Crippen LogP contribution in [-0.2, 0) is 14.8 Å². The lowest BCUT2D eigenvalue weighted by atomic mass is 9.95. The molecule has 166 valence electrons. The van der Waals surface area contributed by atoms with Crippen molar-refractivity contribution in [2.24, 2.45) is 5.92 Å². The van der Waals surface area contributed by atoms with Gasteiger partial charge in [0.2, 0.25) is 5.91 Å². The summed E-state index contributed by atoms with van der Waals surface area (Å²) in [5.41, 5.74) is 0.668. The third kappa shape index (κ3) is 4.83. The molecule has 1 aliphatic rings. The van der Waals surface area contributed by atoms with Gasteiger partial charge in [-0.1, -0.05) is 30.3 Å². The largest absolute Gasteiger partial charge is 0.459 e. The SMILES string of the molecule is O=C(Nc1ccccc1NS(=O)(=O)c1ccccc1)C1CCN(C(=O)c2ccco2)CC1. The Labute approximate surface area is 186 Å². The molecule has 0 saturated carbocycles. The van der Waals surface area contributed by atoms with Crippen molar-refractivity contribution < 1.29 is 22.4 Å². The number of benzene rings is 2. The molecule has 0 bridgehead atoms. The van der Waals surface area contributed by atoms with Gasteiger partial charge in [0, 0.05) is 19.0 Å². The Hall–Kier alpha value is -3.59. The highest BCUT2D eigenvalue weighted by molar-refractivity contribution is 7.92. The van der Waals surface area contributed by atoms with Crippen LogP contribution in [0.4, 0.5) is 11.4 Å². The molecule has 32 heavy (non-hydrogen) atoms. The van der Waals surface area contributed by atoms with Crippen LogP contribution in [0.5, 0.6) is 0 Å². The molecule has 3 aromatic rings. The zero-order valence-electron chi connectivity index (χ0n) is 17.2. The fraction of sp³-hybridized carbons (Fsp3) is 0.217. The van der Waals surface area contributed by atoms with Crippen LogP contribution < -0.4 is 10.0 Å². The van der Waals surface area contributed by atoms with E-state index >= 15 is 0 Å². The number of furan rings is 1. The van der Waals surface area contributed by atoms with Crippen molar-refractivity contribution in [3.8, 4) is 0 Å². The molecule has 1 fully saturated rings. The van der Waals surface area contributed by atoms with Gasteiger partial charge in [-0.15, -0.1) is 0 Å². The van der Waals surface area contributed by atoms with Crippen molar-refractivity contribution in [3.63, 3.8) is 0 Å². The van der Waals surface area contributed by atoms with Gasteiger partial charge in [-0.3, -0.25) is 14.3 Å². The summed E-state index contributed by atoms with van der Waals surface area (Å²) in [6.45, 7) is 0.889. The molecule has 0 spiro atoms. The summed E-state index contributed by atoms with van der Waals surface area (Å²) in [6.07, 6.45) is 2.48. The first kappa shape index (κ1) is 21.6. The van der Waals surface area contributed by atoms with Crippen molar-refractivity contribution in [2.45, 2.75) is 17.7 Å². The number of carbonyl (C=O) groups excluding carboxylic acids is 2. The number of nitrogens with zero attached hydrogens (tertiary/aromatic N) is 1. The Bertz CT molecular complexity index is 1190. The van der Waals surface area contributed by atoms with Crippen molar-refractivity contribution in [1.82, 2.24) is 4.90 Å². The second-order valence-corrected chi connectivity index (χ2v) is 9.18. The molecular weight excluding hydrogens is 430 g/mol. The highest BCUT2D eigenvalue weighted by atomic mass is 32.2. The number of nitrogens with one attached hydrogen (secondary N) is 2. The summed E-state index contributed by atoms with van der Waals surface area (Å²) in [6, 6.07) is 18.0. The first-order chi connectivity index (χ1) is 15.4. The van der Waals surface area contributed by atoms with Crippen molar-refractivity contribution in [2.75, 3.05) is 23.1 Å². The molecule has 0 aliphatic carbocycles. The highest BCUT2D eigenvalue weighted by Crippen LogP contribution is 2.27. The first-order valence-corrected chi connectivity index (χ1v) is 11.7. The number of hydrogen-bond donors (Lipinski definition) is 2. The molecule has 1 aromatic heterocycles. The minimum atomic E-state index is -3.79. The van der Waals surface area contributed by atoms with Gasteiger partial charge in [-0.25, -0.2) is 8.42 Å². The molecule has 2 aromatic carbocycles. The molecule has 0 unspecified atom stereocenters. The maximum absolute atomic E-state index is 12.9. The second kappa shape index (κ2) is 9.27. The average Bonchev–Trinajstić information content (AvgIpc) is 3.35. The van der Waals surface area contributed by atoms with Crippen molar-refractivity contribution in [3.05, 3.63) is 78.8 Å². The minimum absolute atomic E-state index is 0.134. The van der Waals surface area contributed by atoms with Crippen LogP contribution >= 0.6 is 0 Å². The number of carbonyl (C=O) groups is 2. The Morgan fingerprint density at radius 1 is 0.875 bits per heavy atom. The zero-order chi connectivity index (χ0) is 22.6. The Morgan fingerprint density at radius 2 is 1.53 bits per heavy atom. The number of anilines is 2. The van der Waals surface area contributed by atoms with Crippen molar-refractivity contribution in [1.29, 1.82) is 0 Å². The number of hydrogen-bond acceptors (Lipinski definition) is 5. The van der Waals surface area contributed by atoms with Gasteiger partial charge >= 0.3 is 0 Å². The van der Waals surface area contributed by atoms with Crippen LogP contribution in [0.2, 0.25) is 0 Å². The topological polar surface area (TPSA) is 109 Å². The first-order valence-electron chi connectivity index (χ1n) is 10.2. The van der Waals surface area contributed by atoms with Crippen LogP contribution in [0.15, 0.2) is 82.3 Å². The molecule has 1 saturated heterocycles. The van der Waals surface area contributed by atoms with E-state index in [1.807, 2.05) is 0 Å². The summed E-state index contributed by atoms with van der Waals surface area (Å²) < 4.78 is 33.0. The van der Waals surface area contributed by atoms with E-state index < -0.39 is 10.0 Å². The predicted octanol–water partition coefficient (Wildman–Crippen LogP) is 3.57. The smallest absolute Gasteiger partial charge is 0.289 e. The summed E-state index contributed by atoms with van der Waals surface area (Å²) in [7, 11) is -3.79. The molecule has 2 amide bonds. The molecule has 0 radical (unpaired) electrons. The fourth-order valence-electron chi connectivity index (χ4n) is 3.62. The molecule has 2 heterocycles. The van der Waals surface area contributed by atoms with Crippen LogP contribution in [0.25, 0.3) is 0 Å². The van der Waals surface area contributed by atoms with Gasteiger partial charge in [-0.05, 0) is 49.2 Å². The van der Waals surface area contributed by atoms with Crippen LogP contribution in [-0.4, -0.2) is 38.2 Å². The van der Waals surface area contributed by atoms with E-state index in [2.05, 4.69) is 10.0 Å². The lowest BCUT2D eigenvalue weighted by molar-refractivity contribution is -0.121. The zero-order valence-corrected chi connectivity index (χ0v) is 18.0. The minimum Gasteiger partial charge on any atom is -0.459 e. The number of sulfonamides is 1. The Balaban J connectivity index is 1.40. The Morgan fingerprint density at radius 3 is 2.19 bits per heavy atom. The lowest BCUT2D eigenvalue weighted by Gasteiger charge is -2.30. The number of para-hydroxylation sites is 2. The maximum atomic E-state index is 12.9. The summed E-state index contributed by atoms with van der Waals surface area (Å²) in [4.78, 5) is 27.0. The van der Waals surface area contributed by atoms with E-state index in [-0.39, 0.29) is 34.1 Å². The van der Waals surface area contributed by atoms with Gasteiger partial charge in [0.05, 0.1) is 22.5 Å².